The predicted molar refractivity (Wildman–Crippen MR) is 83.4 cm³/mol. The van der Waals surface area contributed by atoms with Gasteiger partial charge < -0.3 is 14.7 Å². The zero-order valence-corrected chi connectivity index (χ0v) is 12.4. The highest BCUT2D eigenvalue weighted by Gasteiger charge is 2.09. The van der Waals surface area contributed by atoms with E-state index < -0.39 is 6.10 Å². The average molecular weight is 286 g/mol. The molecule has 4 nitrogen and oxygen atoms in total. The van der Waals surface area contributed by atoms with Gasteiger partial charge in [0.25, 0.3) is 0 Å². The number of rotatable bonds is 8. The lowest BCUT2D eigenvalue weighted by atomic mass is 10.2. The van der Waals surface area contributed by atoms with E-state index in [1.807, 2.05) is 49.5 Å². The summed E-state index contributed by atoms with van der Waals surface area (Å²) in [5.74, 6) is 0.788. The van der Waals surface area contributed by atoms with E-state index in [2.05, 4.69) is 9.88 Å². The molecule has 0 aliphatic heterocycles. The fraction of sp³-hybridized carbons (Fsp3) is 0.353. The summed E-state index contributed by atoms with van der Waals surface area (Å²) in [5.41, 5.74) is 1.26. The monoisotopic (exact) mass is 286 g/mol. The largest absolute Gasteiger partial charge is 0.491 e. The molecule has 0 fully saturated rings. The molecule has 0 aliphatic carbocycles. The summed E-state index contributed by atoms with van der Waals surface area (Å²) in [4.78, 5) is 6.11. The Kier molecular flexibility index (Phi) is 6.19. The van der Waals surface area contributed by atoms with E-state index in [0.717, 1.165) is 18.7 Å². The summed E-state index contributed by atoms with van der Waals surface area (Å²) < 4.78 is 5.55. The van der Waals surface area contributed by atoms with Crippen LogP contribution in [0.5, 0.6) is 5.75 Å². The molecule has 0 spiro atoms. The number of aliphatic hydroxyl groups is 1. The highest BCUT2D eigenvalue weighted by atomic mass is 16.5. The van der Waals surface area contributed by atoms with Crippen LogP contribution in [-0.4, -0.2) is 47.8 Å². The van der Waals surface area contributed by atoms with Crippen molar-refractivity contribution in [2.75, 3.05) is 26.7 Å². The Labute approximate surface area is 126 Å². The van der Waals surface area contributed by atoms with Crippen LogP contribution in [0.2, 0.25) is 0 Å². The van der Waals surface area contributed by atoms with E-state index in [0.29, 0.717) is 13.2 Å². The van der Waals surface area contributed by atoms with Crippen molar-refractivity contribution in [2.24, 2.45) is 0 Å². The maximum atomic E-state index is 10.0. The Hall–Kier alpha value is -1.91. The van der Waals surface area contributed by atoms with Gasteiger partial charge in [-0.25, -0.2) is 0 Å². The Bertz CT molecular complexity index is 457. The maximum absolute atomic E-state index is 10.0. The number of hydrogen-bond acceptors (Lipinski definition) is 4. The molecule has 112 valence electrons. The van der Waals surface area contributed by atoms with Crippen molar-refractivity contribution >= 4 is 0 Å². The van der Waals surface area contributed by atoms with E-state index in [1.165, 1.54) is 5.56 Å². The van der Waals surface area contributed by atoms with Crippen LogP contribution < -0.4 is 4.74 Å². The first kappa shape index (κ1) is 15.5. The third kappa shape index (κ3) is 5.94. The van der Waals surface area contributed by atoms with Gasteiger partial charge in [-0.15, -0.1) is 0 Å². The number of pyridine rings is 1. The molecule has 0 saturated carbocycles. The average Bonchev–Trinajstić information content (AvgIpc) is 2.53. The lowest BCUT2D eigenvalue weighted by Crippen LogP contribution is -2.34. The maximum Gasteiger partial charge on any atom is 0.119 e. The van der Waals surface area contributed by atoms with Crippen molar-refractivity contribution in [3.05, 3.63) is 60.4 Å². The fourth-order valence-electron chi connectivity index (χ4n) is 2.08. The van der Waals surface area contributed by atoms with Crippen LogP contribution in [0.4, 0.5) is 0 Å². The summed E-state index contributed by atoms with van der Waals surface area (Å²) in [6.45, 7) is 1.80. The third-order valence-electron chi connectivity index (χ3n) is 3.24. The van der Waals surface area contributed by atoms with Gasteiger partial charge in [0.1, 0.15) is 18.5 Å². The molecule has 4 heteroatoms. The molecule has 0 saturated heterocycles. The Morgan fingerprint density at radius 2 is 1.86 bits per heavy atom. The van der Waals surface area contributed by atoms with Gasteiger partial charge in [0, 0.05) is 25.5 Å². The van der Waals surface area contributed by atoms with Gasteiger partial charge in [-0.1, -0.05) is 18.2 Å². The van der Waals surface area contributed by atoms with Crippen molar-refractivity contribution in [3.63, 3.8) is 0 Å². The van der Waals surface area contributed by atoms with Gasteiger partial charge in [0.2, 0.25) is 0 Å². The number of aliphatic hydroxyl groups excluding tert-OH is 1. The van der Waals surface area contributed by atoms with Crippen molar-refractivity contribution in [3.8, 4) is 5.75 Å². The van der Waals surface area contributed by atoms with Crippen LogP contribution in [0.15, 0.2) is 54.9 Å². The molecule has 1 heterocycles. The first-order chi connectivity index (χ1) is 10.2. The van der Waals surface area contributed by atoms with Crippen molar-refractivity contribution in [1.29, 1.82) is 0 Å². The molecule has 0 bridgehead atoms. The van der Waals surface area contributed by atoms with Gasteiger partial charge in [0.15, 0.2) is 0 Å². The summed E-state index contributed by atoms with van der Waals surface area (Å²) in [5, 5.41) is 10.0. The quantitative estimate of drug-likeness (QED) is 0.806. The highest BCUT2D eigenvalue weighted by molar-refractivity contribution is 5.20. The lowest BCUT2D eigenvalue weighted by Gasteiger charge is -2.20. The summed E-state index contributed by atoms with van der Waals surface area (Å²) >= 11 is 0. The lowest BCUT2D eigenvalue weighted by molar-refractivity contribution is 0.0767. The van der Waals surface area contributed by atoms with Crippen molar-refractivity contribution in [1.82, 2.24) is 9.88 Å². The molecule has 0 radical (unpaired) electrons. The van der Waals surface area contributed by atoms with Gasteiger partial charge in [-0.3, -0.25) is 4.98 Å². The molecule has 1 aromatic carbocycles. The highest BCUT2D eigenvalue weighted by Crippen LogP contribution is 2.08. The molecule has 2 aromatic rings. The van der Waals surface area contributed by atoms with Crippen LogP contribution in [0.1, 0.15) is 5.56 Å². The molecule has 1 unspecified atom stereocenters. The van der Waals surface area contributed by atoms with Gasteiger partial charge in [-0.2, -0.15) is 0 Å². The SMILES string of the molecule is CN(CCc1ccncc1)CC(O)COc1ccccc1. The van der Waals surface area contributed by atoms with Crippen LogP contribution in [0.3, 0.4) is 0 Å². The number of likely N-dealkylation sites (N-methyl/N-ethyl adjacent to an activating group) is 1. The van der Waals surface area contributed by atoms with Crippen molar-refractivity contribution in [2.45, 2.75) is 12.5 Å². The predicted octanol–water partition coefficient (Wildman–Crippen LogP) is 2.00. The number of aromatic nitrogens is 1. The van der Waals surface area contributed by atoms with E-state index in [1.54, 1.807) is 12.4 Å². The molecule has 1 atom stereocenters. The fourth-order valence-corrected chi connectivity index (χ4v) is 2.08. The molecular formula is C17H22N2O2. The molecule has 21 heavy (non-hydrogen) atoms. The van der Waals surface area contributed by atoms with Gasteiger partial charge in [-0.05, 0) is 43.3 Å². The minimum atomic E-state index is -0.493. The van der Waals surface area contributed by atoms with Gasteiger partial charge in [0.05, 0.1) is 0 Å². The second kappa shape index (κ2) is 8.39. The van der Waals surface area contributed by atoms with E-state index in [4.69, 9.17) is 4.74 Å². The second-order valence-electron chi connectivity index (χ2n) is 5.15. The number of hydrogen-bond donors (Lipinski definition) is 1. The smallest absolute Gasteiger partial charge is 0.119 e. The molecule has 0 amide bonds. The number of para-hydroxylation sites is 1. The number of benzene rings is 1. The van der Waals surface area contributed by atoms with E-state index >= 15 is 0 Å². The van der Waals surface area contributed by atoms with Crippen LogP contribution in [0.25, 0.3) is 0 Å². The molecule has 1 aromatic heterocycles. The third-order valence-corrected chi connectivity index (χ3v) is 3.24. The zero-order chi connectivity index (χ0) is 14.9. The standard InChI is InChI=1S/C17H22N2O2/c1-19(12-9-15-7-10-18-11-8-15)13-16(20)14-21-17-5-3-2-4-6-17/h2-8,10-11,16,20H,9,12-14H2,1H3. The van der Waals surface area contributed by atoms with Gasteiger partial charge >= 0.3 is 0 Å². The van der Waals surface area contributed by atoms with Crippen LogP contribution in [-0.2, 0) is 6.42 Å². The summed E-state index contributed by atoms with van der Waals surface area (Å²) in [7, 11) is 2.01. The Balaban J connectivity index is 1.66. The van der Waals surface area contributed by atoms with E-state index in [-0.39, 0.29) is 0 Å². The number of nitrogens with zero attached hydrogens (tertiary/aromatic N) is 2. The normalized spacial score (nSPS) is 12.3. The Morgan fingerprint density at radius 1 is 1.14 bits per heavy atom. The first-order valence-corrected chi connectivity index (χ1v) is 7.17. The second-order valence-corrected chi connectivity index (χ2v) is 5.15. The minimum Gasteiger partial charge on any atom is -0.491 e. The molecule has 0 aliphatic rings. The van der Waals surface area contributed by atoms with Crippen molar-refractivity contribution < 1.29 is 9.84 Å². The molecular weight excluding hydrogens is 264 g/mol. The molecule has 2 rings (SSSR count). The topological polar surface area (TPSA) is 45.6 Å². The Morgan fingerprint density at radius 3 is 2.57 bits per heavy atom. The van der Waals surface area contributed by atoms with Crippen LogP contribution >= 0.6 is 0 Å². The van der Waals surface area contributed by atoms with Crippen LogP contribution in [0, 0.1) is 0 Å². The zero-order valence-electron chi connectivity index (χ0n) is 12.4. The first-order valence-electron chi connectivity index (χ1n) is 7.17. The minimum absolute atomic E-state index is 0.309. The molecule has 1 N–H and O–H groups in total. The summed E-state index contributed by atoms with van der Waals surface area (Å²) in [6, 6.07) is 13.6. The van der Waals surface area contributed by atoms with E-state index in [9.17, 15) is 5.11 Å². The number of ether oxygens (including phenoxy) is 1. The summed E-state index contributed by atoms with van der Waals surface area (Å²) in [6.07, 6.45) is 4.06.